The van der Waals surface area contributed by atoms with Gasteiger partial charge in [0, 0.05) is 17.4 Å². The van der Waals surface area contributed by atoms with Crippen molar-refractivity contribution in [2.45, 2.75) is 28.9 Å². The molecule has 1 amide bonds. The van der Waals surface area contributed by atoms with Crippen molar-refractivity contribution in [3.8, 4) is 11.5 Å². The summed E-state index contributed by atoms with van der Waals surface area (Å²) in [4.78, 5) is 12.7. The van der Waals surface area contributed by atoms with Gasteiger partial charge >= 0.3 is 6.01 Å². The molecule has 3 rings (SSSR count). The molecule has 0 saturated heterocycles. The third-order valence-electron chi connectivity index (χ3n) is 4.22. The quantitative estimate of drug-likeness (QED) is 0.606. The maximum Gasteiger partial charge on any atom is 0.322 e. The van der Waals surface area contributed by atoms with Gasteiger partial charge in [-0.2, -0.15) is 0 Å². The minimum absolute atomic E-state index is 0.0438. The fraction of sp³-hybridized carbons (Fsp3) is 0.211. The number of sulfone groups is 2. The molecule has 9 nitrogen and oxygen atoms in total. The van der Waals surface area contributed by atoms with Crippen molar-refractivity contribution in [3.05, 3.63) is 54.1 Å². The van der Waals surface area contributed by atoms with Gasteiger partial charge in [0.25, 0.3) is 5.91 Å². The Morgan fingerprint density at radius 1 is 0.967 bits per heavy atom. The van der Waals surface area contributed by atoms with E-state index in [2.05, 4.69) is 15.5 Å². The summed E-state index contributed by atoms with van der Waals surface area (Å²) in [5.41, 5.74) is 0.592. The first-order valence-electron chi connectivity index (χ1n) is 8.78. The van der Waals surface area contributed by atoms with Gasteiger partial charge in [-0.05, 0) is 56.3 Å². The molecule has 1 N–H and O–H groups in total. The van der Waals surface area contributed by atoms with Crippen LogP contribution in [0, 0.1) is 0 Å². The van der Waals surface area contributed by atoms with Crippen LogP contribution in [0.3, 0.4) is 0 Å². The zero-order valence-electron chi connectivity index (χ0n) is 16.4. The van der Waals surface area contributed by atoms with E-state index in [0.717, 1.165) is 6.26 Å². The minimum Gasteiger partial charge on any atom is -0.403 e. The Morgan fingerprint density at radius 2 is 1.63 bits per heavy atom. The molecule has 1 aromatic heterocycles. The van der Waals surface area contributed by atoms with Crippen molar-refractivity contribution < 1.29 is 26.0 Å². The van der Waals surface area contributed by atoms with E-state index in [-0.39, 0.29) is 27.3 Å². The third kappa shape index (κ3) is 4.57. The second-order valence-electron chi connectivity index (χ2n) is 6.78. The molecule has 0 aliphatic heterocycles. The van der Waals surface area contributed by atoms with E-state index in [1.807, 2.05) is 0 Å². The number of nitrogens with zero attached hydrogens (tertiary/aromatic N) is 2. The van der Waals surface area contributed by atoms with Crippen molar-refractivity contribution >= 4 is 31.6 Å². The van der Waals surface area contributed by atoms with Crippen LogP contribution in [0.1, 0.15) is 24.2 Å². The number of anilines is 1. The number of hydrogen-bond donors (Lipinski definition) is 1. The molecule has 0 radical (unpaired) electrons. The largest absolute Gasteiger partial charge is 0.403 e. The van der Waals surface area contributed by atoms with Gasteiger partial charge in [0.1, 0.15) is 0 Å². The van der Waals surface area contributed by atoms with Crippen LogP contribution in [0.4, 0.5) is 6.01 Å². The van der Waals surface area contributed by atoms with Crippen LogP contribution in [-0.2, 0) is 19.7 Å². The molecule has 158 valence electrons. The zero-order chi connectivity index (χ0) is 22.1. The third-order valence-corrected chi connectivity index (χ3v) is 7.50. The molecule has 0 aliphatic carbocycles. The Hall–Kier alpha value is -3.05. The monoisotopic (exact) mass is 449 g/mol. The van der Waals surface area contributed by atoms with E-state index in [9.17, 15) is 21.6 Å². The maximum atomic E-state index is 12.5. The summed E-state index contributed by atoms with van der Waals surface area (Å²) in [5, 5.41) is 9.37. The van der Waals surface area contributed by atoms with Crippen LogP contribution in [0.15, 0.2) is 62.7 Å². The van der Waals surface area contributed by atoms with Crippen LogP contribution < -0.4 is 5.32 Å². The van der Waals surface area contributed by atoms with E-state index >= 15 is 0 Å². The van der Waals surface area contributed by atoms with Crippen molar-refractivity contribution in [2.24, 2.45) is 0 Å². The first-order chi connectivity index (χ1) is 14.0. The average molecular weight is 450 g/mol. The highest BCUT2D eigenvalue weighted by atomic mass is 32.2. The Bertz CT molecular complexity index is 1290. The summed E-state index contributed by atoms with van der Waals surface area (Å²) < 4.78 is 53.1. The van der Waals surface area contributed by atoms with Crippen molar-refractivity contribution in [3.63, 3.8) is 0 Å². The number of rotatable bonds is 6. The molecule has 0 bridgehead atoms. The normalized spacial score (nSPS) is 12.1. The van der Waals surface area contributed by atoms with Gasteiger partial charge in [-0.3, -0.25) is 10.1 Å². The summed E-state index contributed by atoms with van der Waals surface area (Å²) in [6, 6.07) is 11.3. The van der Waals surface area contributed by atoms with E-state index in [1.165, 1.54) is 48.5 Å². The Balaban J connectivity index is 1.79. The van der Waals surface area contributed by atoms with Gasteiger partial charge in [0.05, 0.1) is 15.0 Å². The Morgan fingerprint density at radius 3 is 2.23 bits per heavy atom. The number of hydrogen-bond acceptors (Lipinski definition) is 8. The maximum absolute atomic E-state index is 12.5. The van der Waals surface area contributed by atoms with Crippen molar-refractivity contribution in [2.75, 3.05) is 11.6 Å². The Kier molecular flexibility index (Phi) is 5.77. The highest BCUT2D eigenvalue weighted by molar-refractivity contribution is 7.92. The zero-order valence-corrected chi connectivity index (χ0v) is 18.0. The van der Waals surface area contributed by atoms with Crippen LogP contribution >= 0.6 is 0 Å². The lowest BCUT2D eigenvalue weighted by Crippen LogP contribution is -2.16. The van der Waals surface area contributed by atoms with Gasteiger partial charge in [0.2, 0.25) is 5.89 Å². The standard InChI is InChI=1S/C19H19N3O6S2/c1-12(2)30(26,27)16-6-4-5-14(11-16)17(23)20-19-22-21-18(28-19)13-7-9-15(10-8-13)29(3,24)25/h4-12H,1-3H3,(H,20,22,23). The molecule has 0 aliphatic rings. The minimum atomic E-state index is -3.53. The summed E-state index contributed by atoms with van der Waals surface area (Å²) in [7, 11) is -6.86. The second kappa shape index (κ2) is 8.00. The molecular weight excluding hydrogens is 430 g/mol. The first kappa shape index (κ1) is 21.7. The molecule has 0 unspecified atom stereocenters. The van der Waals surface area contributed by atoms with Crippen LogP contribution in [-0.4, -0.2) is 44.4 Å². The number of amides is 1. The lowest BCUT2D eigenvalue weighted by atomic mass is 10.2. The molecular formula is C19H19N3O6S2. The molecule has 0 atom stereocenters. The highest BCUT2D eigenvalue weighted by Crippen LogP contribution is 2.22. The SMILES string of the molecule is CC(C)S(=O)(=O)c1cccc(C(=O)Nc2nnc(-c3ccc(S(C)(=O)=O)cc3)o2)c1. The van der Waals surface area contributed by atoms with E-state index in [4.69, 9.17) is 4.42 Å². The van der Waals surface area contributed by atoms with Crippen LogP contribution in [0.25, 0.3) is 11.5 Å². The molecule has 0 saturated carbocycles. The predicted octanol–water partition coefficient (Wildman–Crippen LogP) is 2.57. The first-order valence-corrected chi connectivity index (χ1v) is 12.2. The number of carbonyl (C=O) groups excluding carboxylic acids is 1. The highest BCUT2D eigenvalue weighted by Gasteiger charge is 2.21. The van der Waals surface area contributed by atoms with Crippen molar-refractivity contribution in [1.29, 1.82) is 0 Å². The van der Waals surface area contributed by atoms with Gasteiger partial charge < -0.3 is 4.42 Å². The van der Waals surface area contributed by atoms with Crippen LogP contribution in [0.2, 0.25) is 0 Å². The number of carbonyl (C=O) groups is 1. The molecule has 2 aromatic carbocycles. The van der Waals surface area contributed by atoms with Gasteiger partial charge in [-0.15, -0.1) is 5.10 Å². The fourth-order valence-corrected chi connectivity index (χ4v) is 4.23. The molecule has 11 heteroatoms. The van der Waals surface area contributed by atoms with E-state index < -0.39 is 30.8 Å². The van der Waals surface area contributed by atoms with Crippen LogP contribution in [0.5, 0.6) is 0 Å². The second-order valence-corrected chi connectivity index (χ2v) is 11.3. The molecule has 3 aromatic rings. The lowest BCUT2D eigenvalue weighted by Gasteiger charge is -2.09. The average Bonchev–Trinajstić information content (AvgIpc) is 3.16. The fourth-order valence-electron chi connectivity index (χ4n) is 2.49. The summed E-state index contributed by atoms with van der Waals surface area (Å²) >= 11 is 0. The summed E-state index contributed by atoms with van der Waals surface area (Å²) in [6.45, 7) is 3.12. The summed E-state index contributed by atoms with van der Waals surface area (Å²) in [5.74, 6) is -0.528. The van der Waals surface area contributed by atoms with Gasteiger partial charge in [0.15, 0.2) is 19.7 Å². The number of aromatic nitrogens is 2. The smallest absolute Gasteiger partial charge is 0.322 e. The topological polar surface area (TPSA) is 136 Å². The van der Waals surface area contributed by atoms with E-state index in [1.54, 1.807) is 13.8 Å². The summed E-state index contributed by atoms with van der Waals surface area (Å²) in [6.07, 6.45) is 1.10. The lowest BCUT2D eigenvalue weighted by molar-refractivity contribution is 0.102. The number of nitrogens with one attached hydrogen (secondary N) is 1. The molecule has 1 heterocycles. The van der Waals surface area contributed by atoms with Crippen molar-refractivity contribution in [1.82, 2.24) is 10.2 Å². The molecule has 0 spiro atoms. The number of benzene rings is 2. The Labute approximate surface area is 174 Å². The predicted molar refractivity (Wildman–Crippen MR) is 110 cm³/mol. The molecule has 30 heavy (non-hydrogen) atoms. The van der Waals surface area contributed by atoms with E-state index in [0.29, 0.717) is 5.56 Å². The van der Waals surface area contributed by atoms with Gasteiger partial charge in [-0.25, -0.2) is 16.8 Å². The molecule has 0 fully saturated rings. The van der Waals surface area contributed by atoms with Gasteiger partial charge in [-0.1, -0.05) is 11.2 Å².